The van der Waals surface area contributed by atoms with Crippen LogP contribution in [-0.2, 0) is 13.0 Å². The largest absolute Gasteiger partial charge is 0.323 e. The van der Waals surface area contributed by atoms with Crippen LogP contribution in [0.3, 0.4) is 0 Å². The Morgan fingerprint density at radius 2 is 1.86 bits per heavy atom. The minimum Gasteiger partial charge on any atom is -0.323 e. The van der Waals surface area contributed by atoms with Gasteiger partial charge in [-0.2, -0.15) is 0 Å². The molecular formula is C19H22N2. The molecule has 0 unspecified atom stereocenters. The van der Waals surface area contributed by atoms with Gasteiger partial charge in [-0.1, -0.05) is 42.8 Å². The number of hydrogen-bond donors (Lipinski definition) is 0. The third kappa shape index (κ3) is 2.71. The van der Waals surface area contributed by atoms with Crippen molar-refractivity contribution in [3.05, 3.63) is 65.0 Å². The van der Waals surface area contributed by atoms with Crippen LogP contribution in [0.2, 0.25) is 0 Å². The summed E-state index contributed by atoms with van der Waals surface area (Å²) in [6.07, 6.45) is 2.15. The Balaban J connectivity index is 2.10. The number of benzene rings is 2. The third-order valence-corrected chi connectivity index (χ3v) is 4.04. The van der Waals surface area contributed by atoms with E-state index in [2.05, 4.69) is 67.8 Å². The molecule has 0 bridgehead atoms. The van der Waals surface area contributed by atoms with E-state index in [0.29, 0.717) is 0 Å². The molecule has 0 saturated carbocycles. The van der Waals surface area contributed by atoms with Crippen LogP contribution < -0.4 is 0 Å². The van der Waals surface area contributed by atoms with Gasteiger partial charge in [0.05, 0.1) is 11.0 Å². The first-order valence-electron chi connectivity index (χ1n) is 7.69. The van der Waals surface area contributed by atoms with E-state index in [1.165, 1.54) is 28.0 Å². The molecule has 3 rings (SSSR count). The Labute approximate surface area is 126 Å². The van der Waals surface area contributed by atoms with E-state index in [4.69, 9.17) is 4.98 Å². The van der Waals surface area contributed by atoms with E-state index >= 15 is 0 Å². The number of aromatic nitrogens is 2. The third-order valence-electron chi connectivity index (χ3n) is 4.04. The van der Waals surface area contributed by atoms with Crippen molar-refractivity contribution in [1.29, 1.82) is 0 Å². The molecule has 0 aliphatic rings. The number of fused-ring (bicyclic) bond motifs is 1. The van der Waals surface area contributed by atoms with Gasteiger partial charge in [0, 0.05) is 13.0 Å². The topological polar surface area (TPSA) is 17.8 Å². The lowest BCUT2D eigenvalue weighted by atomic mass is 10.1. The summed E-state index contributed by atoms with van der Waals surface area (Å²) < 4.78 is 2.38. The summed E-state index contributed by atoms with van der Waals surface area (Å²) in [4.78, 5) is 4.81. The van der Waals surface area contributed by atoms with Crippen LogP contribution in [-0.4, -0.2) is 9.55 Å². The summed E-state index contributed by atoms with van der Waals surface area (Å²) in [5, 5.41) is 0. The van der Waals surface area contributed by atoms with Gasteiger partial charge in [-0.15, -0.1) is 0 Å². The zero-order valence-corrected chi connectivity index (χ0v) is 13.1. The molecule has 0 aliphatic carbocycles. The molecule has 1 aromatic heterocycles. The van der Waals surface area contributed by atoms with Gasteiger partial charge < -0.3 is 4.57 Å². The number of nitrogens with zero attached hydrogens (tertiary/aromatic N) is 2. The second-order valence-corrected chi connectivity index (χ2v) is 5.78. The van der Waals surface area contributed by atoms with Crippen LogP contribution in [0.1, 0.15) is 35.9 Å². The van der Waals surface area contributed by atoms with Crippen molar-refractivity contribution in [3.8, 4) is 0 Å². The van der Waals surface area contributed by atoms with Crippen LogP contribution in [0.15, 0.2) is 42.5 Å². The SMILES string of the molecule is CCCc1nc2ccccc2n1Cc1cc(C)ccc1C. The van der Waals surface area contributed by atoms with Crippen LogP contribution in [0.5, 0.6) is 0 Å². The quantitative estimate of drug-likeness (QED) is 0.679. The minimum atomic E-state index is 0.906. The van der Waals surface area contributed by atoms with Crippen molar-refractivity contribution >= 4 is 11.0 Å². The predicted octanol–water partition coefficient (Wildman–Crippen LogP) is 4.65. The Kier molecular flexibility index (Phi) is 3.78. The monoisotopic (exact) mass is 278 g/mol. The van der Waals surface area contributed by atoms with Gasteiger partial charge in [0.15, 0.2) is 0 Å². The summed E-state index contributed by atoms with van der Waals surface area (Å²) in [6.45, 7) is 7.46. The van der Waals surface area contributed by atoms with Crippen LogP contribution in [0.4, 0.5) is 0 Å². The lowest BCUT2D eigenvalue weighted by Crippen LogP contribution is -2.06. The van der Waals surface area contributed by atoms with Crippen molar-refractivity contribution in [1.82, 2.24) is 9.55 Å². The highest BCUT2D eigenvalue weighted by Crippen LogP contribution is 2.20. The molecule has 0 saturated heterocycles. The van der Waals surface area contributed by atoms with Gasteiger partial charge in [0.25, 0.3) is 0 Å². The van der Waals surface area contributed by atoms with Gasteiger partial charge in [-0.05, 0) is 43.5 Å². The first kappa shape index (κ1) is 13.9. The molecule has 3 aromatic rings. The van der Waals surface area contributed by atoms with E-state index in [0.717, 1.165) is 24.9 Å². The second kappa shape index (κ2) is 5.72. The first-order valence-corrected chi connectivity index (χ1v) is 7.69. The zero-order valence-electron chi connectivity index (χ0n) is 13.1. The Morgan fingerprint density at radius 3 is 2.67 bits per heavy atom. The van der Waals surface area contributed by atoms with Crippen LogP contribution in [0.25, 0.3) is 11.0 Å². The van der Waals surface area contributed by atoms with Crippen LogP contribution in [0, 0.1) is 13.8 Å². The molecule has 0 spiro atoms. The predicted molar refractivity (Wildman–Crippen MR) is 88.7 cm³/mol. The fourth-order valence-electron chi connectivity index (χ4n) is 2.86. The van der Waals surface area contributed by atoms with E-state index in [-0.39, 0.29) is 0 Å². The van der Waals surface area contributed by atoms with Crippen molar-refractivity contribution in [2.75, 3.05) is 0 Å². The van der Waals surface area contributed by atoms with Crippen molar-refractivity contribution in [2.24, 2.45) is 0 Å². The summed E-state index contributed by atoms with van der Waals surface area (Å²) in [5.41, 5.74) is 6.39. The molecule has 0 atom stereocenters. The lowest BCUT2D eigenvalue weighted by Gasteiger charge is -2.12. The fourth-order valence-corrected chi connectivity index (χ4v) is 2.86. The Hall–Kier alpha value is -2.09. The maximum atomic E-state index is 4.81. The smallest absolute Gasteiger partial charge is 0.110 e. The highest BCUT2D eigenvalue weighted by Gasteiger charge is 2.11. The van der Waals surface area contributed by atoms with Gasteiger partial charge in [-0.3, -0.25) is 0 Å². The number of para-hydroxylation sites is 2. The number of hydrogen-bond acceptors (Lipinski definition) is 1. The average molecular weight is 278 g/mol. The molecule has 108 valence electrons. The van der Waals surface area contributed by atoms with E-state index in [1.54, 1.807) is 0 Å². The van der Waals surface area contributed by atoms with Gasteiger partial charge in [-0.25, -0.2) is 4.98 Å². The maximum Gasteiger partial charge on any atom is 0.110 e. The summed E-state index contributed by atoms with van der Waals surface area (Å²) >= 11 is 0. The summed E-state index contributed by atoms with van der Waals surface area (Å²) in [6, 6.07) is 15.1. The van der Waals surface area contributed by atoms with Gasteiger partial charge >= 0.3 is 0 Å². The number of imidazole rings is 1. The molecule has 21 heavy (non-hydrogen) atoms. The van der Waals surface area contributed by atoms with E-state index in [9.17, 15) is 0 Å². The van der Waals surface area contributed by atoms with Crippen molar-refractivity contribution < 1.29 is 0 Å². The van der Waals surface area contributed by atoms with Gasteiger partial charge in [0.1, 0.15) is 5.82 Å². The second-order valence-electron chi connectivity index (χ2n) is 5.78. The molecule has 2 aromatic carbocycles. The number of aryl methyl sites for hydroxylation is 3. The van der Waals surface area contributed by atoms with Crippen molar-refractivity contribution in [2.45, 2.75) is 40.2 Å². The van der Waals surface area contributed by atoms with E-state index in [1.807, 2.05) is 0 Å². The molecular weight excluding hydrogens is 256 g/mol. The van der Waals surface area contributed by atoms with Crippen molar-refractivity contribution in [3.63, 3.8) is 0 Å². The Bertz CT molecular complexity index is 768. The number of rotatable bonds is 4. The minimum absolute atomic E-state index is 0.906. The maximum absolute atomic E-state index is 4.81. The molecule has 1 heterocycles. The molecule has 0 N–H and O–H groups in total. The fraction of sp³-hybridized carbons (Fsp3) is 0.316. The highest BCUT2D eigenvalue weighted by atomic mass is 15.1. The normalized spacial score (nSPS) is 11.2. The van der Waals surface area contributed by atoms with Gasteiger partial charge in [0.2, 0.25) is 0 Å². The molecule has 0 radical (unpaired) electrons. The molecule has 0 aliphatic heterocycles. The average Bonchev–Trinajstić information content (AvgIpc) is 2.81. The molecule has 2 nitrogen and oxygen atoms in total. The molecule has 2 heteroatoms. The lowest BCUT2D eigenvalue weighted by molar-refractivity contribution is 0.719. The molecule has 0 fully saturated rings. The standard InChI is InChI=1S/C19H22N2/c1-4-7-19-20-17-8-5-6-9-18(17)21(19)13-16-12-14(2)10-11-15(16)3/h5-6,8-12H,4,7,13H2,1-3H3. The Morgan fingerprint density at radius 1 is 1.05 bits per heavy atom. The van der Waals surface area contributed by atoms with Crippen LogP contribution >= 0.6 is 0 Å². The summed E-state index contributed by atoms with van der Waals surface area (Å²) in [5.74, 6) is 1.19. The zero-order chi connectivity index (χ0) is 14.8. The van der Waals surface area contributed by atoms with E-state index < -0.39 is 0 Å². The molecule has 0 amide bonds. The highest BCUT2D eigenvalue weighted by molar-refractivity contribution is 5.76. The summed E-state index contributed by atoms with van der Waals surface area (Å²) in [7, 11) is 0. The first-order chi connectivity index (χ1) is 10.2.